The molecule has 0 aromatic heterocycles. The zero-order valence-corrected chi connectivity index (χ0v) is 16.2. The number of halogens is 4. The fourth-order valence-electron chi connectivity index (χ4n) is 2.79. The van der Waals surface area contributed by atoms with Crippen molar-refractivity contribution >= 4 is 47.4 Å². The first-order valence-electron chi connectivity index (χ1n) is 7.03. The summed E-state index contributed by atoms with van der Waals surface area (Å²) in [6.07, 6.45) is 1.07. The van der Waals surface area contributed by atoms with Gasteiger partial charge in [0, 0.05) is 41.4 Å². The molecule has 0 amide bonds. The van der Waals surface area contributed by atoms with E-state index in [9.17, 15) is 4.39 Å². The minimum Gasteiger partial charge on any atom is -0.314 e. The molecular formula is C15H24Cl2FIN2. The molecule has 0 aliphatic carbocycles. The number of hydrogen-bond donors (Lipinski definition) is 1. The molecule has 122 valence electrons. The molecule has 0 bridgehead atoms. The minimum absolute atomic E-state index is 0. The van der Waals surface area contributed by atoms with Gasteiger partial charge in [0.2, 0.25) is 0 Å². The van der Waals surface area contributed by atoms with Crippen LogP contribution in [0, 0.1) is 15.3 Å². The van der Waals surface area contributed by atoms with Crippen molar-refractivity contribution in [1.82, 2.24) is 10.2 Å². The van der Waals surface area contributed by atoms with Crippen LogP contribution in [0.2, 0.25) is 0 Å². The second-order valence-electron chi connectivity index (χ2n) is 5.28. The van der Waals surface area contributed by atoms with Crippen LogP contribution in [0.1, 0.15) is 31.9 Å². The molecule has 2 rings (SSSR count). The fraction of sp³-hybridized carbons (Fsp3) is 0.600. The number of nitrogens with zero attached hydrogens (tertiary/aromatic N) is 1. The molecule has 0 spiro atoms. The highest BCUT2D eigenvalue weighted by atomic mass is 127. The molecule has 1 aliphatic heterocycles. The van der Waals surface area contributed by atoms with E-state index in [2.05, 4.69) is 46.7 Å². The topological polar surface area (TPSA) is 15.3 Å². The lowest BCUT2D eigenvalue weighted by molar-refractivity contribution is 0.125. The van der Waals surface area contributed by atoms with Crippen LogP contribution < -0.4 is 5.32 Å². The van der Waals surface area contributed by atoms with Crippen molar-refractivity contribution < 1.29 is 4.39 Å². The van der Waals surface area contributed by atoms with Gasteiger partial charge < -0.3 is 5.32 Å². The average Bonchev–Trinajstić information content (AvgIpc) is 2.44. The lowest BCUT2D eigenvalue weighted by Crippen LogP contribution is -2.46. The maximum Gasteiger partial charge on any atom is 0.128 e. The summed E-state index contributed by atoms with van der Waals surface area (Å²) in [7, 11) is 0. The van der Waals surface area contributed by atoms with Gasteiger partial charge in [-0.1, -0.05) is 20.3 Å². The number of hydrogen-bond acceptors (Lipinski definition) is 2. The molecule has 21 heavy (non-hydrogen) atoms. The first-order chi connectivity index (χ1) is 9.13. The number of piperazine rings is 1. The van der Waals surface area contributed by atoms with Crippen molar-refractivity contribution in [3.05, 3.63) is 33.1 Å². The van der Waals surface area contributed by atoms with E-state index in [1.807, 2.05) is 12.1 Å². The molecule has 1 aromatic rings. The SMILES string of the molecule is CCC(C)[C@H](c1cc(I)ccc1F)N1CCNCC1.Cl.Cl. The maximum atomic E-state index is 14.2. The second kappa shape index (κ2) is 10.2. The van der Waals surface area contributed by atoms with Crippen LogP contribution in [0.5, 0.6) is 0 Å². The van der Waals surface area contributed by atoms with Crippen LogP contribution in [0.15, 0.2) is 18.2 Å². The summed E-state index contributed by atoms with van der Waals surface area (Å²) < 4.78 is 15.3. The van der Waals surface area contributed by atoms with Crippen molar-refractivity contribution in [3.63, 3.8) is 0 Å². The van der Waals surface area contributed by atoms with Crippen molar-refractivity contribution in [3.8, 4) is 0 Å². The Morgan fingerprint density at radius 3 is 2.48 bits per heavy atom. The predicted octanol–water partition coefficient (Wildman–Crippen LogP) is 4.27. The Kier molecular flexibility index (Phi) is 10.4. The lowest BCUT2D eigenvalue weighted by Gasteiger charge is -2.38. The molecule has 1 aromatic carbocycles. The first-order valence-corrected chi connectivity index (χ1v) is 8.11. The van der Waals surface area contributed by atoms with E-state index in [0.29, 0.717) is 5.92 Å². The van der Waals surface area contributed by atoms with Gasteiger partial charge in [-0.2, -0.15) is 0 Å². The Balaban J connectivity index is 0.00000200. The molecule has 1 heterocycles. The Bertz CT molecular complexity index is 428. The van der Waals surface area contributed by atoms with E-state index < -0.39 is 0 Å². The standard InChI is InChI=1S/C15H22FIN2.2ClH/c1-3-11(2)15(19-8-6-18-7-9-19)13-10-12(17)4-5-14(13)16;;/h4-5,10-11,15,18H,3,6-9H2,1-2H3;2*1H/t11?,15-;;/m1../s1. The van der Waals surface area contributed by atoms with E-state index >= 15 is 0 Å². The van der Waals surface area contributed by atoms with Crippen LogP contribution in [0.3, 0.4) is 0 Å². The number of benzene rings is 1. The minimum atomic E-state index is -0.0655. The fourth-order valence-corrected chi connectivity index (χ4v) is 3.30. The summed E-state index contributed by atoms with van der Waals surface area (Å²) in [5.74, 6) is 0.398. The molecule has 1 N–H and O–H groups in total. The van der Waals surface area contributed by atoms with Gasteiger partial charge >= 0.3 is 0 Å². The van der Waals surface area contributed by atoms with E-state index in [0.717, 1.165) is 41.7 Å². The largest absolute Gasteiger partial charge is 0.314 e. The molecular weight excluding hydrogens is 425 g/mol. The highest BCUT2D eigenvalue weighted by Gasteiger charge is 2.28. The molecule has 2 atom stereocenters. The van der Waals surface area contributed by atoms with Crippen molar-refractivity contribution in [2.75, 3.05) is 26.2 Å². The molecule has 1 saturated heterocycles. The summed E-state index contributed by atoms with van der Waals surface area (Å²) in [6, 6.07) is 5.65. The normalized spacial score (nSPS) is 18.3. The van der Waals surface area contributed by atoms with Gasteiger partial charge in [-0.05, 0) is 46.7 Å². The number of nitrogens with one attached hydrogen (secondary N) is 1. The summed E-state index contributed by atoms with van der Waals surface area (Å²) in [5, 5.41) is 3.37. The third-order valence-electron chi connectivity index (χ3n) is 4.00. The first kappa shape index (κ1) is 21.4. The van der Waals surface area contributed by atoms with Crippen LogP contribution in [0.25, 0.3) is 0 Å². The molecule has 0 radical (unpaired) electrons. The van der Waals surface area contributed by atoms with Crippen molar-refractivity contribution in [1.29, 1.82) is 0 Å². The second-order valence-corrected chi connectivity index (χ2v) is 6.53. The zero-order valence-electron chi connectivity index (χ0n) is 12.4. The Morgan fingerprint density at radius 2 is 1.90 bits per heavy atom. The van der Waals surface area contributed by atoms with Gasteiger partial charge in [0.1, 0.15) is 5.82 Å². The summed E-state index contributed by atoms with van der Waals surface area (Å²) in [6.45, 7) is 8.41. The van der Waals surface area contributed by atoms with Gasteiger partial charge in [-0.25, -0.2) is 4.39 Å². The third kappa shape index (κ3) is 5.50. The zero-order chi connectivity index (χ0) is 13.8. The molecule has 1 fully saturated rings. The Morgan fingerprint density at radius 1 is 1.29 bits per heavy atom. The monoisotopic (exact) mass is 448 g/mol. The van der Waals surface area contributed by atoms with Gasteiger partial charge in [0.05, 0.1) is 0 Å². The lowest BCUT2D eigenvalue weighted by atomic mass is 9.90. The molecule has 1 aliphatic rings. The van der Waals surface area contributed by atoms with Crippen LogP contribution >= 0.6 is 47.4 Å². The third-order valence-corrected chi connectivity index (χ3v) is 4.68. The van der Waals surface area contributed by atoms with Gasteiger partial charge in [-0.15, -0.1) is 24.8 Å². The molecule has 1 unspecified atom stereocenters. The average molecular weight is 449 g/mol. The van der Waals surface area contributed by atoms with Crippen LogP contribution in [-0.4, -0.2) is 31.1 Å². The quantitative estimate of drug-likeness (QED) is 0.692. The summed E-state index contributed by atoms with van der Waals surface area (Å²) in [5.41, 5.74) is 0.864. The van der Waals surface area contributed by atoms with E-state index in [1.165, 1.54) is 0 Å². The summed E-state index contributed by atoms with van der Waals surface area (Å²) in [4.78, 5) is 2.43. The Hall–Kier alpha value is 0.380. The highest BCUT2D eigenvalue weighted by Crippen LogP contribution is 2.33. The van der Waals surface area contributed by atoms with Crippen molar-refractivity contribution in [2.45, 2.75) is 26.3 Å². The molecule has 0 saturated carbocycles. The molecule has 2 nitrogen and oxygen atoms in total. The maximum absolute atomic E-state index is 14.2. The van der Waals surface area contributed by atoms with E-state index in [1.54, 1.807) is 6.07 Å². The summed E-state index contributed by atoms with van der Waals surface area (Å²) >= 11 is 2.26. The Labute approximate surface area is 153 Å². The highest BCUT2D eigenvalue weighted by molar-refractivity contribution is 14.1. The van der Waals surface area contributed by atoms with Crippen LogP contribution in [0.4, 0.5) is 4.39 Å². The van der Waals surface area contributed by atoms with Gasteiger partial charge in [0.15, 0.2) is 0 Å². The number of rotatable bonds is 4. The molecule has 6 heteroatoms. The van der Waals surface area contributed by atoms with Gasteiger partial charge in [-0.3, -0.25) is 4.90 Å². The van der Waals surface area contributed by atoms with Crippen molar-refractivity contribution in [2.24, 2.45) is 5.92 Å². The smallest absolute Gasteiger partial charge is 0.128 e. The predicted molar refractivity (Wildman–Crippen MR) is 100 cm³/mol. The van der Waals surface area contributed by atoms with Gasteiger partial charge in [0.25, 0.3) is 0 Å². The van der Waals surface area contributed by atoms with Crippen LogP contribution in [-0.2, 0) is 0 Å². The van der Waals surface area contributed by atoms with E-state index in [-0.39, 0.29) is 36.7 Å². The van der Waals surface area contributed by atoms with E-state index in [4.69, 9.17) is 0 Å².